The van der Waals surface area contributed by atoms with Crippen molar-refractivity contribution in [3.63, 3.8) is 0 Å². The van der Waals surface area contributed by atoms with Crippen molar-refractivity contribution in [2.75, 3.05) is 6.61 Å². The Kier molecular flexibility index (Phi) is 4.02. The summed E-state index contributed by atoms with van der Waals surface area (Å²) in [6, 6.07) is 11.8. The predicted octanol–water partition coefficient (Wildman–Crippen LogP) is 1.60. The highest BCUT2D eigenvalue weighted by Crippen LogP contribution is 2.13. The number of rotatable bonds is 4. The summed E-state index contributed by atoms with van der Waals surface area (Å²) >= 11 is 0. The van der Waals surface area contributed by atoms with Gasteiger partial charge in [-0.15, -0.1) is 0 Å². The molecule has 0 fully saturated rings. The van der Waals surface area contributed by atoms with Crippen molar-refractivity contribution in [1.29, 1.82) is 0 Å². The molecule has 0 bridgehead atoms. The summed E-state index contributed by atoms with van der Waals surface area (Å²) in [4.78, 5) is 15.6. The van der Waals surface area contributed by atoms with E-state index in [4.69, 9.17) is 4.74 Å². The number of carbonyl (C=O) groups is 1. The largest absolute Gasteiger partial charge is 0.463 e. The van der Waals surface area contributed by atoms with Crippen molar-refractivity contribution in [2.24, 2.45) is 0 Å². The van der Waals surface area contributed by atoms with Crippen LogP contribution in [0.3, 0.4) is 0 Å². The van der Waals surface area contributed by atoms with E-state index in [0.717, 1.165) is 11.3 Å². The van der Waals surface area contributed by atoms with Crippen molar-refractivity contribution in [3.8, 4) is 11.3 Å². The fraction of sp³-hybridized carbons (Fsp3) is 0.214. The maximum atomic E-state index is 11.3. The topological polar surface area (TPSA) is 43.1 Å². The Morgan fingerprint density at radius 2 is 2.06 bits per heavy atom. The van der Waals surface area contributed by atoms with E-state index in [9.17, 15) is 4.79 Å². The number of benzene rings is 1. The minimum absolute atomic E-state index is 0.190. The average molecular weight is 243 g/mol. The van der Waals surface area contributed by atoms with Gasteiger partial charge in [0.05, 0.1) is 12.8 Å². The number of aromatic nitrogens is 2. The first kappa shape index (κ1) is 12.2. The number of hydrogen-bond acceptors (Lipinski definition) is 3. The third kappa shape index (κ3) is 3.13. The van der Waals surface area contributed by atoms with Gasteiger partial charge in [-0.1, -0.05) is 30.3 Å². The molecule has 0 aliphatic heterocycles. The van der Waals surface area contributed by atoms with Crippen molar-refractivity contribution < 1.29 is 14.1 Å². The Bertz CT molecular complexity index is 509. The summed E-state index contributed by atoms with van der Waals surface area (Å²) in [6.07, 6.45) is 3.46. The minimum Gasteiger partial charge on any atom is -0.463 e. The zero-order valence-corrected chi connectivity index (χ0v) is 10.2. The second kappa shape index (κ2) is 5.91. The van der Waals surface area contributed by atoms with E-state index in [1.807, 2.05) is 42.6 Å². The lowest BCUT2D eigenvalue weighted by Crippen LogP contribution is -2.38. The second-order valence-electron chi connectivity index (χ2n) is 3.79. The molecule has 0 amide bonds. The maximum Gasteiger partial charge on any atom is 0.348 e. The van der Waals surface area contributed by atoms with E-state index in [1.54, 1.807) is 17.8 Å². The molecule has 4 heteroatoms. The molecule has 0 saturated carbocycles. The summed E-state index contributed by atoms with van der Waals surface area (Å²) in [6.45, 7) is 2.38. The van der Waals surface area contributed by atoms with Crippen molar-refractivity contribution in [2.45, 2.75) is 13.5 Å². The average Bonchev–Trinajstić information content (AvgIpc) is 2.41. The molecule has 18 heavy (non-hydrogen) atoms. The van der Waals surface area contributed by atoms with Gasteiger partial charge in [-0.2, -0.15) is 0 Å². The van der Waals surface area contributed by atoms with Crippen molar-refractivity contribution >= 4 is 5.97 Å². The molecule has 0 atom stereocenters. The smallest absolute Gasteiger partial charge is 0.348 e. The molecule has 0 aliphatic rings. The zero-order chi connectivity index (χ0) is 12.8. The van der Waals surface area contributed by atoms with Gasteiger partial charge in [0.2, 0.25) is 0 Å². The lowest BCUT2D eigenvalue weighted by Gasteiger charge is -2.00. The molecule has 1 aromatic carbocycles. The Balaban J connectivity index is 2.09. The highest BCUT2D eigenvalue weighted by atomic mass is 16.5. The molecule has 4 nitrogen and oxygen atoms in total. The monoisotopic (exact) mass is 243 g/mol. The molecule has 92 valence electrons. The van der Waals surface area contributed by atoms with Gasteiger partial charge >= 0.3 is 5.97 Å². The van der Waals surface area contributed by atoms with Crippen LogP contribution in [0.4, 0.5) is 0 Å². The van der Waals surface area contributed by atoms with Gasteiger partial charge < -0.3 is 4.74 Å². The Morgan fingerprint density at radius 3 is 2.67 bits per heavy atom. The Hall–Kier alpha value is -2.23. The van der Waals surface area contributed by atoms with Crippen LogP contribution in [-0.4, -0.2) is 17.6 Å². The predicted molar refractivity (Wildman–Crippen MR) is 66.5 cm³/mol. The molecular formula is C14H15N2O2+. The lowest BCUT2D eigenvalue weighted by atomic mass is 10.1. The zero-order valence-electron chi connectivity index (χ0n) is 10.2. The number of ether oxygens (including phenoxy) is 1. The molecule has 2 aromatic rings. The first-order valence-corrected chi connectivity index (χ1v) is 5.85. The van der Waals surface area contributed by atoms with E-state index < -0.39 is 0 Å². The van der Waals surface area contributed by atoms with Crippen LogP contribution in [0.25, 0.3) is 11.3 Å². The molecule has 2 rings (SSSR count). The number of carbonyl (C=O) groups excluding carboxylic acids is 1. The quantitative estimate of drug-likeness (QED) is 0.605. The Morgan fingerprint density at radius 1 is 1.28 bits per heavy atom. The van der Waals surface area contributed by atoms with Gasteiger partial charge in [-0.25, -0.2) is 9.36 Å². The van der Waals surface area contributed by atoms with Crippen LogP contribution >= 0.6 is 0 Å². The summed E-state index contributed by atoms with van der Waals surface area (Å²) in [5.41, 5.74) is 1.94. The van der Waals surface area contributed by atoms with Crippen LogP contribution in [0, 0.1) is 0 Å². The fourth-order valence-electron chi connectivity index (χ4n) is 1.61. The maximum absolute atomic E-state index is 11.3. The van der Waals surface area contributed by atoms with Crippen molar-refractivity contribution in [1.82, 2.24) is 4.98 Å². The molecule has 1 heterocycles. The van der Waals surface area contributed by atoms with Gasteiger partial charge in [0, 0.05) is 11.6 Å². The van der Waals surface area contributed by atoms with E-state index in [2.05, 4.69) is 4.98 Å². The molecule has 0 spiro atoms. The molecule has 0 N–H and O–H groups in total. The van der Waals surface area contributed by atoms with E-state index in [0.29, 0.717) is 6.61 Å². The van der Waals surface area contributed by atoms with E-state index in [-0.39, 0.29) is 12.5 Å². The van der Waals surface area contributed by atoms with Gasteiger partial charge in [0.15, 0.2) is 12.2 Å². The summed E-state index contributed by atoms with van der Waals surface area (Å²) in [5, 5.41) is 0. The van der Waals surface area contributed by atoms with Gasteiger partial charge in [-0.05, 0) is 11.9 Å². The molecule has 0 aliphatic carbocycles. The molecule has 1 aromatic heterocycles. The minimum atomic E-state index is -0.253. The molecule has 0 unspecified atom stereocenters. The van der Waals surface area contributed by atoms with E-state index in [1.165, 1.54) is 0 Å². The first-order valence-electron chi connectivity index (χ1n) is 5.85. The number of hydrogen-bond donors (Lipinski definition) is 0. The summed E-state index contributed by atoms with van der Waals surface area (Å²) < 4.78 is 6.57. The Labute approximate surface area is 106 Å². The van der Waals surface area contributed by atoms with Crippen LogP contribution in [0.5, 0.6) is 0 Å². The van der Waals surface area contributed by atoms with Gasteiger partial charge in [-0.3, -0.25) is 0 Å². The highest BCUT2D eigenvalue weighted by Gasteiger charge is 2.09. The van der Waals surface area contributed by atoms with E-state index >= 15 is 0 Å². The number of esters is 1. The van der Waals surface area contributed by atoms with Crippen LogP contribution in [0.1, 0.15) is 6.92 Å². The first-order chi connectivity index (χ1) is 8.79. The van der Waals surface area contributed by atoms with Crippen LogP contribution < -0.4 is 4.57 Å². The van der Waals surface area contributed by atoms with Gasteiger partial charge in [0.1, 0.15) is 0 Å². The highest BCUT2D eigenvalue weighted by molar-refractivity contribution is 5.67. The molecule has 0 radical (unpaired) electrons. The summed E-state index contributed by atoms with van der Waals surface area (Å²) in [5.74, 6) is -0.253. The third-order valence-electron chi connectivity index (χ3n) is 2.46. The standard InChI is InChI=1S/C14H15N2O2/c1-2-18-14(17)10-16-9-8-13(15-11-16)12-6-4-3-5-7-12/h3-9,11H,2,10H2,1H3/q+1. The van der Waals surface area contributed by atoms with Gasteiger partial charge in [0.25, 0.3) is 6.33 Å². The fourth-order valence-corrected chi connectivity index (χ4v) is 1.61. The lowest BCUT2D eigenvalue weighted by molar-refractivity contribution is -0.688. The SMILES string of the molecule is CCOC(=O)C[n+]1ccc(-c2ccccc2)nc1. The van der Waals surface area contributed by atoms with Crippen LogP contribution in [0.2, 0.25) is 0 Å². The molecular weight excluding hydrogens is 228 g/mol. The third-order valence-corrected chi connectivity index (χ3v) is 2.46. The van der Waals surface area contributed by atoms with Crippen LogP contribution in [-0.2, 0) is 16.1 Å². The molecule has 0 saturated heterocycles. The van der Waals surface area contributed by atoms with Crippen molar-refractivity contribution in [3.05, 3.63) is 48.9 Å². The summed E-state index contributed by atoms with van der Waals surface area (Å²) in [7, 11) is 0. The second-order valence-corrected chi connectivity index (χ2v) is 3.79. The normalized spacial score (nSPS) is 10.1. The number of nitrogens with zero attached hydrogens (tertiary/aromatic N) is 2. The van der Waals surface area contributed by atoms with Crippen LogP contribution in [0.15, 0.2) is 48.9 Å².